The van der Waals surface area contributed by atoms with Crippen LogP contribution in [0.1, 0.15) is 29.2 Å². The Kier molecular flexibility index (Phi) is 5.11. The van der Waals surface area contributed by atoms with Gasteiger partial charge in [-0.25, -0.2) is 0 Å². The van der Waals surface area contributed by atoms with E-state index in [2.05, 4.69) is 5.10 Å². The summed E-state index contributed by atoms with van der Waals surface area (Å²) in [5.74, 6) is 0.684. The van der Waals surface area contributed by atoms with Gasteiger partial charge in [0.15, 0.2) is 0 Å². The molecule has 0 radical (unpaired) electrons. The lowest BCUT2D eigenvalue weighted by Gasteiger charge is -2.23. The predicted molar refractivity (Wildman–Crippen MR) is 114 cm³/mol. The van der Waals surface area contributed by atoms with E-state index in [0.717, 1.165) is 22.4 Å². The lowest BCUT2D eigenvalue weighted by molar-refractivity contribution is 0.368. The third-order valence-electron chi connectivity index (χ3n) is 5.02. The molecule has 0 fully saturated rings. The van der Waals surface area contributed by atoms with Gasteiger partial charge < -0.3 is 4.74 Å². The minimum atomic E-state index is -3.80. The van der Waals surface area contributed by atoms with E-state index < -0.39 is 16.1 Å². The summed E-state index contributed by atoms with van der Waals surface area (Å²) < 4.78 is 33.4. The lowest BCUT2D eigenvalue weighted by atomic mass is 9.98. The molecule has 0 amide bonds. The Bertz CT molecular complexity index is 1140. The molecule has 6 heteroatoms. The van der Waals surface area contributed by atoms with Gasteiger partial charge in [0, 0.05) is 6.42 Å². The fraction of sp³-hybridized carbons (Fsp3) is 0.174. The fourth-order valence-electron chi connectivity index (χ4n) is 3.43. The van der Waals surface area contributed by atoms with E-state index in [1.807, 2.05) is 55.5 Å². The second-order valence-electron chi connectivity index (χ2n) is 7.00. The van der Waals surface area contributed by atoms with Gasteiger partial charge in [-0.05, 0) is 42.3 Å². The summed E-state index contributed by atoms with van der Waals surface area (Å²) in [7, 11) is -2.20. The van der Waals surface area contributed by atoms with E-state index in [4.69, 9.17) is 4.74 Å². The summed E-state index contributed by atoms with van der Waals surface area (Å²) in [4.78, 5) is 0.224. The van der Waals surface area contributed by atoms with Gasteiger partial charge in [-0.1, -0.05) is 60.2 Å². The normalized spacial score (nSPS) is 16.6. The molecule has 0 N–H and O–H groups in total. The molecular formula is C23H22N2O3S. The van der Waals surface area contributed by atoms with Crippen molar-refractivity contribution in [2.75, 3.05) is 7.11 Å². The molecule has 0 saturated heterocycles. The smallest absolute Gasteiger partial charge is 0.279 e. The van der Waals surface area contributed by atoms with Gasteiger partial charge in [-0.2, -0.15) is 17.9 Å². The largest absolute Gasteiger partial charge is 0.497 e. The van der Waals surface area contributed by atoms with Crippen molar-refractivity contribution in [2.45, 2.75) is 24.3 Å². The third kappa shape index (κ3) is 3.76. The van der Waals surface area contributed by atoms with Crippen molar-refractivity contribution < 1.29 is 13.2 Å². The van der Waals surface area contributed by atoms with Crippen LogP contribution >= 0.6 is 0 Å². The highest BCUT2D eigenvalue weighted by Crippen LogP contribution is 2.38. The van der Waals surface area contributed by atoms with Crippen LogP contribution in [-0.2, 0) is 10.0 Å². The van der Waals surface area contributed by atoms with Crippen LogP contribution in [0, 0.1) is 6.92 Å². The lowest BCUT2D eigenvalue weighted by Crippen LogP contribution is -2.27. The number of hydrazone groups is 1. The van der Waals surface area contributed by atoms with Crippen LogP contribution in [-0.4, -0.2) is 25.7 Å². The zero-order valence-electron chi connectivity index (χ0n) is 16.3. The number of sulfonamides is 1. The zero-order valence-corrected chi connectivity index (χ0v) is 17.1. The average Bonchev–Trinajstić information content (AvgIpc) is 3.21. The van der Waals surface area contributed by atoms with Crippen LogP contribution in [0.15, 0.2) is 88.9 Å². The van der Waals surface area contributed by atoms with Crippen molar-refractivity contribution in [3.05, 3.63) is 95.6 Å². The van der Waals surface area contributed by atoms with E-state index in [0.29, 0.717) is 12.2 Å². The van der Waals surface area contributed by atoms with Gasteiger partial charge in [0.25, 0.3) is 10.0 Å². The van der Waals surface area contributed by atoms with Gasteiger partial charge in [-0.3, -0.25) is 0 Å². The first-order valence-corrected chi connectivity index (χ1v) is 10.8. The number of methoxy groups -OCH3 is 1. The molecule has 3 aromatic carbocycles. The number of nitrogens with zero attached hydrogens (tertiary/aromatic N) is 2. The molecule has 0 saturated carbocycles. The number of hydrogen-bond acceptors (Lipinski definition) is 4. The maximum absolute atomic E-state index is 13.4. The molecule has 1 atom stereocenters. The SMILES string of the molecule is COc1cccc(C2CC(c3ccc(C)cc3)=NN2S(=O)(=O)c2ccccc2)c1. The molecule has 0 aromatic heterocycles. The molecule has 3 aromatic rings. The number of rotatable bonds is 5. The molecule has 1 aliphatic heterocycles. The number of ether oxygens (including phenoxy) is 1. The fourth-order valence-corrected chi connectivity index (χ4v) is 4.88. The molecule has 1 heterocycles. The van der Waals surface area contributed by atoms with Crippen molar-refractivity contribution in [3.63, 3.8) is 0 Å². The van der Waals surface area contributed by atoms with Crippen LogP contribution in [0.25, 0.3) is 0 Å². The molecule has 0 spiro atoms. The monoisotopic (exact) mass is 406 g/mol. The molecule has 148 valence electrons. The van der Waals surface area contributed by atoms with E-state index in [1.54, 1.807) is 37.4 Å². The van der Waals surface area contributed by atoms with Crippen molar-refractivity contribution in [3.8, 4) is 5.75 Å². The van der Waals surface area contributed by atoms with Crippen LogP contribution < -0.4 is 4.74 Å². The number of aryl methyl sites for hydroxylation is 1. The van der Waals surface area contributed by atoms with E-state index >= 15 is 0 Å². The third-order valence-corrected chi connectivity index (χ3v) is 6.72. The Morgan fingerprint density at radius 3 is 2.38 bits per heavy atom. The maximum atomic E-state index is 13.4. The van der Waals surface area contributed by atoms with Crippen molar-refractivity contribution in [1.82, 2.24) is 4.41 Å². The number of benzene rings is 3. The quantitative estimate of drug-likeness (QED) is 0.625. The van der Waals surface area contributed by atoms with Crippen LogP contribution in [0.5, 0.6) is 5.75 Å². The highest BCUT2D eigenvalue weighted by atomic mass is 32.2. The first-order valence-electron chi connectivity index (χ1n) is 9.37. The second-order valence-corrected chi connectivity index (χ2v) is 8.80. The van der Waals surface area contributed by atoms with Crippen LogP contribution in [0.2, 0.25) is 0 Å². The molecule has 4 rings (SSSR count). The summed E-state index contributed by atoms with van der Waals surface area (Å²) in [5, 5.41) is 4.57. The minimum absolute atomic E-state index is 0.224. The Morgan fingerprint density at radius 2 is 1.69 bits per heavy atom. The van der Waals surface area contributed by atoms with Crippen LogP contribution in [0.4, 0.5) is 0 Å². The van der Waals surface area contributed by atoms with Gasteiger partial charge in [0.05, 0.1) is 23.8 Å². The van der Waals surface area contributed by atoms with E-state index in [-0.39, 0.29) is 4.90 Å². The predicted octanol–water partition coefficient (Wildman–Crippen LogP) is 4.54. The van der Waals surface area contributed by atoms with Crippen molar-refractivity contribution in [1.29, 1.82) is 0 Å². The maximum Gasteiger partial charge on any atom is 0.279 e. The summed E-state index contributed by atoms with van der Waals surface area (Å²) >= 11 is 0. The molecule has 0 bridgehead atoms. The molecule has 1 unspecified atom stereocenters. The van der Waals surface area contributed by atoms with Gasteiger partial charge in [0.2, 0.25) is 0 Å². The summed E-state index contributed by atoms with van der Waals surface area (Å²) in [6.45, 7) is 2.02. The number of hydrogen-bond donors (Lipinski definition) is 0. The Balaban J connectivity index is 1.80. The van der Waals surface area contributed by atoms with Crippen molar-refractivity contribution >= 4 is 15.7 Å². The highest BCUT2D eigenvalue weighted by Gasteiger charge is 2.37. The van der Waals surface area contributed by atoms with Gasteiger partial charge >= 0.3 is 0 Å². The molecule has 0 aliphatic carbocycles. The first kappa shape index (κ1) is 19.2. The molecule has 5 nitrogen and oxygen atoms in total. The Morgan fingerprint density at radius 1 is 0.966 bits per heavy atom. The summed E-state index contributed by atoms with van der Waals surface area (Å²) in [6, 6.07) is 23.4. The topological polar surface area (TPSA) is 59.0 Å². The zero-order chi connectivity index (χ0) is 20.4. The average molecular weight is 407 g/mol. The highest BCUT2D eigenvalue weighted by molar-refractivity contribution is 7.89. The molecule has 1 aliphatic rings. The van der Waals surface area contributed by atoms with E-state index in [1.165, 1.54) is 4.41 Å². The second kappa shape index (κ2) is 7.72. The Hall–Kier alpha value is -3.12. The molecular weight excluding hydrogens is 384 g/mol. The standard InChI is InChI=1S/C23H22N2O3S/c1-17-11-13-18(14-12-17)22-16-23(19-7-6-8-20(15-19)28-2)25(24-22)29(26,27)21-9-4-3-5-10-21/h3-15,23H,16H2,1-2H3. The minimum Gasteiger partial charge on any atom is -0.497 e. The van der Waals surface area contributed by atoms with Crippen LogP contribution in [0.3, 0.4) is 0 Å². The van der Waals surface area contributed by atoms with Gasteiger partial charge in [0.1, 0.15) is 5.75 Å². The molecule has 29 heavy (non-hydrogen) atoms. The van der Waals surface area contributed by atoms with E-state index in [9.17, 15) is 8.42 Å². The summed E-state index contributed by atoms with van der Waals surface area (Å²) in [6.07, 6.45) is 0.488. The van der Waals surface area contributed by atoms with Crippen molar-refractivity contribution in [2.24, 2.45) is 5.10 Å². The summed E-state index contributed by atoms with van der Waals surface area (Å²) in [5.41, 5.74) is 3.66. The Labute approximate surface area is 171 Å². The first-order chi connectivity index (χ1) is 14.0. The van der Waals surface area contributed by atoms with Gasteiger partial charge in [-0.15, -0.1) is 0 Å².